The van der Waals surface area contributed by atoms with E-state index in [0.717, 1.165) is 5.56 Å². The minimum absolute atomic E-state index is 0.186. The highest BCUT2D eigenvalue weighted by atomic mass is 35.5. The van der Waals surface area contributed by atoms with E-state index in [-0.39, 0.29) is 17.5 Å². The average molecular weight is 348 g/mol. The van der Waals surface area contributed by atoms with Crippen molar-refractivity contribution >= 4 is 38.6 Å². The molecule has 116 valence electrons. The van der Waals surface area contributed by atoms with Gasteiger partial charge in [-0.05, 0) is 24.6 Å². The van der Waals surface area contributed by atoms with Gasteiger partial charge in [0.05, 0.1) is 22.3 Å². The van der Waals surface area contributed by atoms with Crippen molar-refractivity contribution in [1.82, 2.24) is 0 Å². The maximum atomic E-state index is 12.1. The van der Waals surface area contributed by atoms with Crippen molar-refractivity contribution in [3.8, 4) is 0 Å². The summed E-state index contributed by atoms with van der Waals surface area (Å²) in [5.41, 5.74) is 5.92. The first-order valence-corrected chi connectivity index (χ1v) is 9.31. The largest absolute Gasteiger partial charge is 0.393 e. The highest BCUT2D eigenvalue weighted by molar-refractivity contribution is 7.92. The fourth-order valence-electron chi connectivity index (χ4n) is 2.98. The molecule has 7 heteroatoms. The molecule has 0 aromatic heterocycles. The van der Waals surface area contributed by atoms with Crippen LogP contribution in [0.3, 0.4) is 0 Å². The summed E-state index contributed by atoms with van der Waals surface area (Å²) in [7, 11) is -3.30. The fourth-order valence-corrected chi connectivity index (χ4v) is 5.42. The molecule has 2 rings (SSSR count). The van der Waals surface area contributed by atoms with Gasteiger partial charge >= 0.3 is 0 Å². The summed E-state index contributed by atoms with van der Waals surface area (Å²) in [5.74, 6) is -0.284. The number of nitrogens with two attached hydrogens (primary N) is 1. The lowest BCUT2D eigenvalue weighted by Crippen LogP contribution is -2.33. The molecule has 1 aliphatic carbocycles. The van der Waals surface area contributed by atoms with Crippen LogP contribution in [0.1, 0.15) is 18.4 Å². The molecule has 0 aliphatic heterocycles. The van der Waals surface area contributed by atoms with Crippen LogP contribution < -0.4 is 5.73 Å². The van der Waals surface area contributed by atoms with Gasteiger partial charge in [0.1, 0.15) is 0 Å². The third kappa shape index (κ3) is 2.95. The summed E-state index contributed by atoms with van der Waals surface area (Å²) < 4.78 is 29.7. The minimum Gasteiger partial charge on any atom is -0.393 e. The summed E-state index contributed by atoms with van der Waals surface area (Å²) in [4.78, 5) is 0.186. The van der Waals surface area contributed by atoms with Gasteiger partial charge in [-0.3, -0.25) is 0 Å². The number of sulfone groups is 1. The monoisotopic (exact) mass is 347 g/mol. The Hall–Kier alpha value is -0.690. The van der Waals surface area contributed by atoms with Gasteiger partial charge in [-0.15, -0.1) is 0 Å². The Morgan fingerprint density at radius 1 is 1.43 bits per heavy atom. The summed E-state index contributed by atoms with van der Waals surface area (Å²) >= 11 is 11.1. The van der Waals surface area contributed by atoms with Gasteiger partial charge in [-0.2, -0.15) is 0 Å². The Morgan fingerprint density at radius 3 is 2.43 bits per heavy atom. The predicted octanol–water partition coefficient (Wildman–Crippen LogP) is 2.16. The van der Waals surface area contributed by atoms with Crippen LogP contribution in [0.4, 0.5) is 0 Å². The fraction of sp³-hybridized carbons (Fsp3) is 0.500. The minimum atomic E-state index is -3.30. The number of rotatable bonds is 6. The van der Waals surface area contributed by atoms with Gasteiger partial charge in [0.25, 0.3) is 0 Å². The van der Waals surface area contributed by atoms with E-state index in [4.69, 9.17) is 34.3 Å². The maximum Gasteiger partial charge on any atom is 0.152 e. The van der Waals surface area contributed by atoms with Crippen molar-refractivity contribution in [3.63, 3.8) is 0 Å². The van der Waals surface area contributed by atoms with Gasteiger partial charge < -0.3 is 10.5 Å². The van der Waals surface area contributed by atoms with Crippen molar-refractivity contribution in [2.75, 3.05) is 19.5 Å². The van der Waals surface area contributed by atoms with Crippen molar-refractivity contribution in [3.05, 3.63) is 34.9 Å². The molecule has 1 aromatic carbocycles. The molecule has 0 spiro atoms. The number of thiocarbonyl (C=S) groups is 1. The second-order valence-electron chi connectivity index (χ2n) is 5.32. The van der Waals surface area contributed by atoms with Crippen LogP contribution >= 0.6 is 23.8 Å². The highest BCUT2D eigenvalue weighted by Gasteiger charge is 2.71. The molecule has 0 radical (unpaired) electrons. The maximum absolute atomic E-state index is 12.1. The summed E-state index contributed by atoms with van der Waals surface area (Å²) in [6.07, 6.45) is 1.21. The van der Waals surface area contributed by atoms with Crippen LogP contribution in [0.25, 0.3) is 0 Å². The smallest absolute Gasteiger partial charge is 0.152 e. The van der Waals surface area contributed by atoms with Crippen molar-refractivity contribution in [2.45, 2.75) is 18.1 Å². The van der Waals surface area contributed by atoms with Crippen LogP contribution in [0.2, 0.25) is 5.02 Å². The van der Waals surface area contributed by atoms with Crippen LogP contribution in [-0.4, -0.2) is 38.1 Å². The summed E-state index contributed by atoms with van der Waals surface area (Å²) in [6, 6.07) is 7.10. The highest BCUT2D eigenvalue weighted by Crippen LogP contribution is 2.63. The zero-order valence-electron chi connectivity index (χ0n) is 11.9. The van der Waals surface area contributed by atoms with Crippen LogP contribution in [0.15, 0.2) is 24.3 Å². The third-order valence-corrected chi connectivity index (χ3v) is 6.20. The molecule has 0 saturated heterocycles. The number of hydrogen-bond acceptors (Lipinski definition) is 4. The van der Waals surface area contributed by atoms with Gasteiger partial charge in [-0.1, -0.05) is 36.0 Å². The molecular formula is C14H18ClNO3S2. The van der Waals surface area contributed by atoms with E-state index in [2.05, 4.69) is 0 Å². The predicted molar refractivity (Wildman–Crippen MR) is 88.5 cm³/mol. The molecule has 1 aliphatic rings. The molecule has 2 N–H and O–H groups in total. The molecule has 1 aromatic rings. The standard InChI is InChI=1S/C14H18ClNO3S2/c1-3-19-8-14(13(16)20)11(12(14)21(2,17)18)9-4-6-10(15)7-5-9/h4-7,11-12H,3,8H2,1-2H3,(H2,16,20)/t11-,12-,14+/m0/s1. The zero-order valence-corrected chi connectivity index (χ0v) is 14.3. The van der Waals surface area contributed by atoms with E-state index in [1.165, 1.54) is 6.26 Å². The number of halogens is 1. The van der Waals surface area contributed by atoms with Crippen LogP contribution in [-0.2, 0) is 14.6 Å². The van der Waals surface area contributed by atoms with Crippen LogP contribution in [0.5, 0.6) is 0 Å². The lowest BCUT2D eigenvalue weighted by atomic mass is 10.00. The summed E-state index contributed by atoms with van der Waals surface area (Å²) in [6.45, 7) is 2.54. The average Bonchev–Trinajstić information content (AvgIpc) is 3.08. The molecule has 4 nitrogen and oxygen atoms in total. The molecular weight excluding hydrogens is 330 g/mol. The quantitative estimate of drug-likeness (QED) is 0.798. The Labute approximate surface area is 135 Å². The van der Waals surface area contributed by atoms with Gasteiger partial charge in [0, 0.05) is 23.8 Å². The third-order valence-electron chi connectivity index (χ3n) is 3.95. The molecule has 0 heterocycles. The van der Waals surface area contributed by atoms with E-state index in [0.29, 0.717) is 11.6 Å². The molecule has 1 fully saturated rings. The van der Waals surface area contributed by atoms with E-state index in [1.807, 2.05) is 19.1 Å². The lowest BCUT2D eigenvalue weighted by Gasteiger charge is -2.16. The summed E-state index contributed by atoms with van der Waals surface area (Å²) in [5, 5.41) is -0.0451. The SMILES string of the molecule is CCOC[C@@]1(C(N)=S)[C@@H](c2ccc(Cl)cc2)[C@@H]1S(C)(=O)=O. The normalized spacial score (nSPS) is 28.3. The zero-order chi connectivity index (χ0) is 15.8. The molecule has 0 bridgehead atoms. The Morgan fingerprint density at radius 2 is 2.00 bits per heavy atom. The topological polar surface area (TPSA) is 69.4 Å². The molecule has 0 unspecified atom stereocenters. The first kappa shape index (κ1) is 16.7. The Balaban J connectivity index is 2.46. The number of hydrogen-bond donors (Lipinski definition) is 1. The van der Waals surface area contributed by atoms with Gasteiger partial charge in [0.15, 0.2) is 9.84 Å². The second-order valence-corrected chi connectivity index (χ2v) is 8.36. The number of ether oxygens (including phenoxy) is 1. The molecule has 0 amide bonds. The van der Waals surface area contributed by atoms with Crippen molar-refractivity contribution in [2.24, 2.45) is 11.1 Å². The number of benzene rings is 1. The van der Waals surface area contributed by atoms with Crippen LogP contribution in [0, 0.1) is 5.41 Å². The van der Waals surface area contributed by atoms with E-state index in [1.54, 1.807) is 12.1 Å². The van der Waals surface area contributed by atoms with E-state index >= 15 is 0 Å². The Bertz CT molecular complexity index is 645. The molecule has 21 heavy (non-hydrogen) atoms. The second kappa shape index (κ2) is 5.83. The van der Waals surface area contributed by atoms with E-state index in [9.17, 15) is 8.42 Å². The van der Waals surface area contributed by atoms with Gasteiger partial charge in [0.2, 0.25) is 0 Å². The van der Waals surface area contributed by atoms with Gasteiger partial charge in [-0.25, -0.2) is 8.42 Å². The first-order valence-electron chi connectivity index (χ1n) is 6.57. The van der Waals surface area contributed by atoms with Crippen molar-refractivity contribution in [1.29, 1.82) is 0 Å². The lowest BCUT2D eigenvalue weighted by molar-refractivity contribution is 0.121. The Kier molecular flexibility index (Phi) is 4.63. The molecule has 3 atom stereocenters. The van der Waals surface area contributed by atoms with E-state index < -0.39 is 20.5 Å². The molecule has 1 saturated carbocycles. The van der Waals surface area contributed by atoms with Crippen molar-refractivity contribution < 1.29 is 13.2 Å². The first-order chi connectivity index (χ1) is 9.75.